The van der Waals surface area contributed by atoms with Crippen LogP contribution in [0.1, 0.15) is 86.1 Å². The second-order valence-electron chi connectivity index (χ2n) is 9.73. The quantitative estimate of drug-likeness (QED) is 0.595. The molecule has 0 saturated carbocycles. The zero-order valence-electron chi connectivity index (χ0n) is 18.0. The lowest BCUT2D eigenvalue weighted by atomic mass is 9.78. The molecule has 0 aliphatic rings. The lowest BCUT2D eigenvalue weighted by molar-refractivity contribution is 0.584. The predicted octanol–water partition coefficient (Wildman–Crippen LogP) is 6.67. The maximum atomic E-state index is 9.89. The summed E-state index contributed by atoms with van der Waals surface area (Å²) in [5.41, 5.74) is 9.82. The summed E-state index contributed by atoms with van der Waals surface area (Å²) in [4.78, 5) is 0. The molecular weight excluding hydrogens is 314 g/mol. The Kier molecular flexibility index (Phi) is 5.39. The van der Waals surface area contributed by atoms with Crippen molar-refractivity contribution >= 4 is 0 Å². The standard InChI is InChI=1S/C25H33N/c1-16-10-19(18(3)22(12-16)24(4,5)6)14-20-11-17(2)13-23(21(20)15-26)25(7,8)9/h10-13H,14H2,1-9H3. The van der Waals surface area contributed by atoms with Gasteiger partial charge in [0.2, 0.25) is 0 Å². The van der Waals surface area contributed by atoms with Gasteiger partial charge in [-0.25, -0.2) is 0 Å². The first-order valence-electron chi connectivity index (χ1n) is 9.49. The second-order valence-corrected chi connectivity index (χ2v) is 9.73. The molecule has 0 N–H and O–H groups in total. The van der Waals surface area contributed by atoms with Gasteiger partial charge in [0.05, 0.1) is 11.6 Å². The molecular formula is C25H33N. The fraction of sp³-hybridized carbons (Fsp3) is 0.480. The molecule has 2 aromatic rings. The molecule has 0 saturated heterocycles. The molecule has 2 aromatic carbocycles. The largest absolute Gasteiger partial charge is 0.192 e. The molecule has 0 unspecified atom stereocenters. The molecule has 2 rings (SSSR count). The van der Waals surface area contributed by atoms with E-state index in [1.165, 1.54) is 27.8 Å². The van der Waals surface area contributed by atoms with E-state index < -0.39 is 0 Å². The molecule has 0 aromatic heterocycles. The minimum atomic E-state index is -0.0376. The fourth-order valence-corrected chi connectivity index (χ4v) is 3.83. The van der Waals surface area contributed by atoms with Gasteiger partial charge >= 0.3 is 0 Å². The van der Waals surface area contributed by atoms with Crippen LogP contribution >= 0.6 is 0 Å². The van der Waals surface area contributed by atoms with Gasteiger partial charge in [-0.3, -0.25) is 0 Å². The van der Waals surface area contributed by atoms with Crippen LogP contribution < -0.4 is 0 Å². The van der Waals surface area contributed by atoms with Crippen LogP contribution in [0.15, 0.2) is 24.3 Å². The van der Waals surface area contributed by atoms with Crippen molar-refractivity contribution < 1.29 is 0 Å². The number of hydrogen-bond acceptors (Lipinski definition) is 1. The lowest BCUT2D eigenvalue weighted by Crippen LogP contribution is -2.16. The van der Waals surface area contributed by atoms with E-state index in [1.54, 1.807) is 0 Å². The van der Waals surface area contributed by atoms with E-state index in [4.69, 9.17) is 0 Å². The lowest BCUT2D eigenvalue weighted by Gasteiger charge is -2.26. The third-order valence-electron chi connectivity index (χ3n) is 5.13. The average molecular weight is 348 g/mol. The first kappa shape index (κ1) is 20.2. The van der Waals surface area contributed by atoms with Crippen molar-refractivity contribution in [1.82, 2.24) is 0 Å². The molecule has 138 valence electrons. The summed E-state index contributed by atoms with van der Waals surface area (Å²) in [7, 11) is 0. The molecule has 1 heteroatoms. The number of nitriles is 1. The highest BCUT2D eigenvalue weighted by molar-refractivity contribution is 5.53. The average Bonchev–Trinajstić information content (AvgIpc) is 2.48. The van der Waals surface area contributed by atoms with Crippen molar-refractivity contribution in [1.29, 1.82) is 5.26 Å². The highest BCUT2D eigenvalue weighted by Crippen LogP contribution is 2.33. The van der Waals surface area contributed by atoms with Crippen LogP contribution in [0.4, 0.5) is 0 Å². The number of rotatable bonds is 2. The summed E-state index contributed by atoms with van der Waals surface area (Å²) >= 11 is 0. The zero-order valence-corrected chi connectivity index (χ0v) is 18.0. The first-order valence-corrected chi connectivity index (χ1v) is 9.49. The molecule has 0 bridgehead atoms. The van der Waals surface area contributed by atoms with Crippen molar-refractivity contribution in [2.24, 2.45) is 0 Å². The molecule has 0 spiro atoms. The van der Waals surface area contributed by atoms with E-state index in [-0.39, 0.29) is 10.8 Å². The Balaban J connectivity index is 2.66. The van der Waals surface area contributed by atoms with Crippen molar-refractivity contribution in [2.45, 2.75) is 79.6 Å². The summed E-state index contributed by atoms with van der Waals surface area (Å²) in [6, 6.07) is 11.4. The monoisotopic (exact) mass is 347 g/mol. The van der Waals surface area contributed by atoms with Crippen LogP contribution in [-0.2, 0) is 17.3 Å². The Bertz CT molecular complexity index is 865. The van der Waals surface area contributed by atoms with Crippen molar-refractivity contribution in [3.8, 4) is 6.07 Å². The highest BCUT2D eigenvalue weighted by Gasteiger charge is 2.23. The summed E-state index contributed by atoms with van der Waals surface area (Å²) in [6.45, 7) is 19.9. The highest BCUT2D eigenvalue weighted by atomic mass is 14.3. The first-order chi connectivity index (χ1) is 11.8. The van der Waals surface area contributed by atoms with Crippen LogP contribution in [-0.4, -0.2) is 0 Å². The van der Waals surface area contributed by atoms with Crippen molar-refractivity contribution in [3.05, 3.63) is 68.8 Å². The Morgan fingerprint density at radius 2 is 1.19 bits per heavy atom. The van der Waals surface area contributed by atoms with E-state index in [0.717, 1.165) is 23.1 Å². The van der Waals surface area contributed by atoms with Crippen LogP contribution in [0.2, 0.25) is 0 Å². The molecule has 0 heterocycles. The number of aryl methyl sites for hydroxylation is 2. The van der Waals surface area contributed by atoms with Crippen molar-refractivity contribution in [2.75, 3.05) is 0 Å². The van der Waals surface area contributed by atoms with E-state index in [9.17, 15) is 5.26 Å². The minimum Gasteiger partial charge on any atom is -0.192 e. The second kappa shape index (κ2) is 6.92. The van der Waals surface area contributed by atoms with Crippen LogP contribution in [0.25, 0.3) is 0 Å². The summed E-state index contributed by atoms with van der Waals surface area (Å²) in [5, 5.41) is 9.89. The molecule has 26 heavy (non-hydrogen) atoms. The van der Waals surface area contributed by atoms with Crippen LogP contribution in [0.5, 0.6) is 0 Å². The topological polar surface area (TPSA) is 23.8 Å². The number of hydrogen-bond donors (Lipinski definition) is 0. The van der Waals surface area contributed by atoms with Gasteiger partial charge in [0.25, 0.3) is 0 Å². The van der Waals surface area contributed by atoms with Gasteiger partial charge in [0.15, 0.2) is 0 Å². The fourth-order valence-electron chi connectivity index (χ4n) is 3.83. The normalized spacial score (nSPS) is 12.2. The molecule has 0 atom stereocenters. The Hall–Kier alpha value is -2.07. The summed E-state index contributed by atoms with van der Waals surface area (Å²) < 4.78 is 0. The SMILES string of the molecule is Cc1cc(Cc2cc(C)cc(C(C)(C)C)c2C#N)c(C)c(C(C)(C)C)c1. The zero-order chi connectivity index (χ0) is 19.9. The van der Waals surface area contributed by atoms with Gasteiger partial charge < -0.3 is 0 Å². The van der Waals surface area contributed by atoms with Gasteiger partial charge in [0.1, 0.15) is 0 Å². The molecule has 0 aliphatic carbocycles. The number of benzene rings is 2. The molecule has 1 nitrogen and oxygen atoms in total. The number of nitrogens with zero attached hydrogens (tertiary/aromatic N) is 1. The van der Waals surface area contributed by atoms with Gasteiger partial charge in [-0.15, -0.1) is 0 Å². The van der Waals surface area contributed by atoms with Crippen molar-refractivity contribution in [3.63, 3.8) is 0 Å². The maximum absolute atomic E-state index is 9.89. The van der Waals surface area contributed by atoms with E-state index >= 15 is 0 Å². The Morgan fingerprint density at radius 3 is 1.65 bits per heavy atom. The molecule has 0 fully saturated rings. The van der Waals surface area contributed by atoms with Gasteiger partial charge in [0, 0.05) is 0 Å². The Morgan fingerprint density at radius 1 is 0.731 bits per heavy atom. The molecule has 0 aliphatic heterocycles. The van der Waals surface area contributed by atoms with Gasteiger partial charge in [-0.05, 0) is 65.8 Å². The molecule has 0 amide bonds. The Labute approximate surface area is 160 Å². The molecule has 0 radical (unpaired) electrons. The predicted molar refractivity (Wildman–Crippen MR) is 112 cm³/mol. The maximum Gasteiger partial charge on any atom is 0.0997 e. The van der Waals surface area contributed by atoms with Gasteiger partial charge in [-0.1, -0.05) is 76.9 Å². The van der Waals surface area contributed by atoms with Crippen LogP contribution in [0, 0.1) is 32.1 Å². The van der Waals surface area contributed by atoms with Gasteiger partial charge in [-0.2, -0.15) is 5.26 Å². The van der Waals surface area contributed by atoms with Crippen LogP contribution in [0.3, 0.4) is 0 Å². The van der Waals surface area contributed by atoms with E-state index in [2.05, 4.69) is 92.6 Å². The smallest absolute Gasteiger partial charge is 0.0997 e. The minimum absolute atomic E-state index is 0.0376. The van der Waals surface area contributed by atoms with E-state index in [0.29, 0.717) is 0 Å². The third kappa shape index (κ3) is 4.18. The summed E-state index contributed by atoms with van der Waals surface area (Å²) in [5.74, 6) is 0. The summed E-state index contributed by atoms with van der Waals surface area (Å²) in [6.07, 6.45) is 0.810. The van der Waals surface area contributed by atoms with E-state index in [1.807, 2.05) is 0 Å². The third-order valence-corrected chi connectivity index (χ3v) is 5.13.